The van der Waals surface area contributed by atoms with Crippen molar-refractivity contribution in [2.75, 3.05) is 32.8 Å². The molecule has 1 aromatic rings. The van der Waals surface area contributed by atoms with Gasteiger partial charge in [-0.25, -0.2) is 0 Å². The summed E-state index contributed by atoms with van der Waals surface area (Å²) in [6.07, 6.45) is 4.42. The van der Waals surface area contributed by atoms with Crippen LogP contribution < -0.4 is 5.73 Å². The highest BCUT2D eigenvalue weighted by molar-refractivity contribution is 7.10. The van der Waals surface area contributed by atoms with Crippen molar-refractivity contribution >= 4 is 23.2 Å². The van der Waals surface area contributed by atoms with E-state index in [1.807, 2.05) is 9.80 Å². The summed E-state index contributed by atoms with van der Waals surface area (Å²) in [6, 6.07) is 2.10. The normalized spacial score (nSPS) is 18.0. The summed E-state index contributed by atoms with van der Waals surface area (Å²) in [4.78, 5) is 30.0. The molecule has 0 aliphatic carbocycles. The average molecular weight is 380 g/mol. The molecule has 1 fully saturated rings. The molecule has 0 bridgehead atoms. The highest BCUT2D eigenvalue weighted by Gasteiger charge is 2.25. The number of fused-ring (bicyclic) bond motifs is 1. The molecule has 2 aliphatic heterocycles. The Labute approximate surface area is 159 Å². The van der Waals surface area contributed by atoms with Crippen LogP contribution in [-0.2, 0) is 27.3 Å². The van der Waals surface area contributed by atoms with Crippen LogP contribution in [0.2, 0.25) is 0 Å². The summed E-state index contributed by atoms with van der Waals surface area (Å²) in [5.41, 5.74) is 6.73. The summed E-state index contributed by atoms with van der Waals surface area (Å²) < 4.78 is 5.77. The summed E-state index contributed by atoms with van der Waals surface area (Å²) in [5.74, 6) is 0.183. The Morgan fingerprint density at radius 2 is 1.88 bits per heavy atom. The van der Waals surface area contributed by atoms with Crippen molar-refractivity contribution in [2.45, 2.75) is 51.2 Å². The molecule has 2 N–H and O–H groups in total. The molecule has 6 nitrogen and oxygen atoms in total. The predicted octanol–water partition coefficient (Wildman–Crippen LogP) is 1.77. The SMILES string of the molecule is NCCCOC1CCN(C(=O)CCC(=O)N2CCc3sccc3C2)CC1. The first-order valence-corrected chi connectivity index (χ1v) is 10.5. The first-order chi connectivity index (χ1) is 12.7. The monoisotopic (exact) mass is 379 g/mol. The van der Waals surface area contributed by atoms with Crippen LogP contribution in [0.5, 0.6) is 0 Å². The molecule has 0 radical (unpaired) electrons. The third-order valence-corrected chi connectivity index (χ3v) is 6.23. The molecule has 3 heterocycles. The van der Waals surface area contributed by atoms with Gasteiger partial charge in [-0.05, 0) is 49.2 Å². The third kappa shape index (κ3) is 5.05. The zero-order chi connectivity index (χ0) is 18.4. The summed E-state index contributed by atoms with van der Waals surface area (Å²) in [5, 5.41) is 2.09. The number of likely N-dealkylation sites (tertiary alicyclic amines) is 1. The number of hydrogen-bond donors (Lipinski definition) is 1. The standard InChI is InChI=1S/C19H29N3O3S/c20-8-1-12-25-16-4-9-21(10-5-16)18(23)2-3-19(24)22-11-6-17-15(14-22)7-13-26-17/h7,13,16H,1-6,8-12,14,20H2. The van der Waals surface area contributed by atoms with E-state index < -0.39 is 0 Å². The van der Waals surface area contributed by atoms with E-state index in [1.165, 1.54) is 10.4 Å². The van der Waals surface area contributed by atoms with E-state index in [2.05, 4.69) is 11.4 Å². The van der Waals surface area contributed by atoms with Crippen molar-refractivity contribution in [3.63, 3.8) is 0 Å². The molecule has 0 saturated carbocycles. The average Bonchev–Trinajstić information content (AvgIpc) is 3.14. The summed E-state index contributed by atoms with van der Waals surface area (Å²) in [6.45, 7) is 4.26. The Morgan fingerprint density at radius 1 is 1.15 bits per heavy atom. The molecule has 7 heteroatoms. The van der Waals surface area contributed by atoms with Crippen LogP contribution in [0.1, 0.15) is 42.5 Å². The van der Waals surface area contributed by atoms with Gasteiger partial charge in [0.25, 0.3) is 0 Å². The second-order valence-electron chi connectivity index (χ2n) is 7.03. The van der Waals surface area contributed by atoms with E-state index in [-0.39, 0.29) is 17.9 Å². The van der Waals surface area contributed by atoms with Crippen molar-refractivity contribution in [3.05, 3.63) is 21.9 Å². The number of carbonyl (C=O) groups is 2. The maximum atomic E-state index is 12.4. The quantitative estimate of drug-likeness (QED) is 0.733. The second kappa shape index (κ2) is 9.48. The molecule has 0 spiro atoms. The van der Waals surface area contributed by atoms with E-state index in [0.29, 0.717) is 32.5 Å². The maximum absolute atomic E-state index is 12.4. The highest BCUT2D eigenvalue weighted by atomic mass is 32.1. The minimum absolute atomic E-state index is 0.0898. The van der Waals surface area contributed by atoms with E-state index in [9.17, 15) is 9.59 Å². The minimum atomic E-state index is 0.0898. The van der Waals surface area contributed by atoms with Crippen molar-refractivity contribution in [3.8, 4) is 0 Å². The fourth-order valence-corrected chi connectivity index (χ4v) is 4.49. The van der Waals surface area contributed by atoms with Crippen LogP contribution in [0.4, 0.5) is 0 Å². The number of rotatable bonds is 7. The Balaban J connectivity index is 1.36. The third-order valence-electron chi connectivity index (χ3n) is 5.21. The molecule has 1 saturated heterocycles. The number of amides is 2. The summed E-state index contributed by atoms with van der Waals surface area (Å²) in [7, 11) is 0. The Kier molecular flexibility index (Phi) is 7.05. The van der Waals surface area contributed by atoms with Gasteiger partial charge in [-0.3, -0.25) is 9.59 Å². The highest BCUT2D eigenvalue weighted by Crippen LogP contribution is 2.24. The maximum Gasteiger partial charge on any atom is 0.223 e. The number of nitrogens with zero attached hydrogens (tertiary/aromatic N) is 2. The van der Waals surface area contributed by atoms with Crippen LogP contribution in [-0.4, -0.2) is 60.5 Å². The molecule has 0 aromatic carbocycles. The van der Waals surface area contributed by atoms with Crippen LogP contribution in [0.25, 0.3) is 0 Å². The first-order valence-electron chi connectivity index (χ1n) is 9.60. The van der Waals surface area contributed by atoms with Crippen LogP contribution in [0, 0.1) is 0 Å². The van der Waals surface area contributed by atoms with Crippen molar-refractivity contribution < 1.29 is 14.3 Å². The molecular formula is C19H29N3O3S. The Morgan fingerprint density at radius 3 is 2.62 bits per heavy atom. The van der Waals surface area contributed by atoms with Gasteiger partial charge in [0.15, 0.2) is 0 Å². The molecule has 0 unspecified atom stereocenters. The molecule has 2 aliphatic rings. The van der Waals surface area contributed by atoms with Gasteiger partial charge in [-0.2, -0.15) is 0 Å². The lowest BCUT2D eigenvalue weighted by Crippen LogP contribution is -2.41. The van der Waals surface area contributed by atoms with Crippen LogP contribution in [0.15, 0.2) is 11.4 Å². The van der Waals surface area contributed by atoms with E-state index in [4.69, 9.17) is 10.5 Å². The number of ether oxygens (including phenoxy) is 1. The lowest BCUT2D eigenvalue weighted by molar-refractivity contribution is -0.139. The smallest absolute Gasteiger partial charge is 0.223 e. The van der Waals surface area contributed by atoms with E-state index >= 15 is 0 Å². The van der Waals surface area contributed by atoms with Crippen molar-refractivity contribution in [1.29, 1.82) is 0 Å². The van der Waals surface area contributed by atoms with Gasteiger partial charge >= 0.3 is 0 Å². The number of hydrogen-bond acceptors (Lipinski definition) is 5. The van der Waals surface area contributed by atoms with Gasteiger partial charge < -0.3 is 20.3 Å². The van der Waals surface area contributed by atoms with Gasteiger partial charge in [0.2, 0.25) is 11.8 Å². The number of nitrogens with two attached hydrogens (primary N) is 1. The fourth-order valence-electron chi connectivity index (χ4n) is 3.60. The van der Waals surface area contributed by atoms with Crippen molar-refractivity contribution in [1.82, 2.24) is 9.80 Å². The lowest BCUT2D eigenvalue weighted by atomic mass is 10.1. The Hall–Kier alpha value is -1.44. The zero-order valence-corrected chi connectivity index (χ0v) is 16.1. The van der Waals surface area contributed by atoms with E-state index in [1.54, 1.807) is 11.3 Å². The summed E-state index contributed by atoms with van der Waals surface area (Å²) >= 11 is 1.77. The topological polar surface area (TPSA) is 75.9 Å². The predicted molar refractivity (Wildman–Crippen MR) is 102 cm³/mol. The minimum Gasteiger partial charge on any atom is -0.378 e. The molecule has 2 amide bonds. The molecule has 26 heavy (non-hydrogen) atoms. The lowest BCUT2D eigenvalue weighted by Gasteiger charge is -2.32. The molecule has 1 aromatic heterocycles. The first kappa shape index (κ1) is 19.3. The molecule has 144 valence electrons. The van der Waals surface area contributed by atoms with Gasteiger partial charge in [0, 0.05) is 50.5 Å². The zero-order valence-electron chi connectivity index (χ0n) is 15.3. The van der Waals surface area contributed by atoms with Gasteiger partial charge in [0.1, 0.15) is 0 Å². The second-order valence-corrected chi connectivity index (χ2v) is 8.03. The van der Waals surface area contributed by atoms with Gasteiger partial charge in [-0.1, -0.05) is 0 Å². The van der Waals surface area contributed by atoms with Crippen LogP contribution in [0.3, 0.4) is 0 Å². The number of thiophene rings is 1. The van der Waals surface area contributed by atoms with E-state index in [0.717, 1.165) is 45.3 Å². The molecular weight excluding hydrogens is 350 g/mol. The molecule has 3 rings (SSSR count). The Bertz CT molecular complexity index is 611. The number of carbonyl (C=O) groups excluding carboxylic acids is 2. The van der Waals surface area contributed by atoms with Gasteiger partial charge in [0.05, 0.1) is 6.10 Å². The molecule has 0 atom stereocenters. The number of piperidine rings is 1. The van der Waals surface area contributed by atoms with Crippen LogP contribution >= 0.6 is 11.3 Å². The largest absolute Gasteiger partial charge is 0.378 e. The van der Waals surface area contributed by atoms with Crippen molar-refractivity contribution in [2.24, 2.45) is 5.73 Å². The fraction of sp³-hybridized carbons (Fsp3) is 0.684. The van der Waals surface area contributed by atoms with Gasteiger partial charge in [-0.15, -0.1) is 11.3 Å².